The lowest BCUT2D eigenvalue weighted by atomic mass is 10.2. The molecule has 0 unspecified atom stereocenters. The highest BCUT2D eigenvalue weighted by Crippen LogP contribution is 2.25. The van der Waals surface area contributed by atoms with Crippen LogP contribution in [0.5, 0.6) is 0 Å². The van der Waals surface area contributed by atoms with Gasteiger partial charge in [0.1, 0.15) is 11.6 Å². The zero-order valence-electron chi connectivity index (χ0n) is 9.89. The van der Waals surface area contributed by atoms with E-state index < -0.39 is 17.3 Å². The monoisotopic (exact) mass is 335 g/mol. The number of benzene rings is 1. The molecule has 2 N–H and O–H groups in total. The number of nitrogens with one attached hydrogen (secondary N) is 1. The van der Waals surface area contributed by atoms with Gasteiger partial charge < -0.3 is 10.4 Å². The third-order valence-corrected chi connectivity index (χ3v) is 2.97. The summed E-state index contributed by atoms with van der Waals surface area (Å²) in [4.78, 5) is 14.6. The molecule has 7 heteroatoms. The van der Waals surface area contributed by atoms with Gasteiger partial charge in [-0.1, -0.05) is 15.9 Å². The maximum absolute atomic E-state index is 13.9. The van der Waals surface area contributed by atoms with Crippen molar-refractivity contribution in [2.45, 2.75) is 0 Å². The van der Waals surface area contributed by atoms with Crippen LogP contribution < -0.4 is 5.32 Å². The first-order valence-corrected chi connectivity index (χ1v) is 6.16. The molecule has 0 saturated carbocycles. The summed E-state index contributed by atoms with van der Waals surface area (Å²) in [5.74, 6) is -2.62. The highest BCUT2D eigenvalue weighted by molar-refractivity contribution is 9.10. The lowest BCUT2D eigenvalue weighted by Gasteiger charge is -2.09. The van der Waals surface area contributed by atoms with Crippen molar-refractivity contribution in [2.75, 3.05) is 5.32 Å². The number of aromatic nitrogens is 1. The van der Waals surface area contributed by atoms with E-state index in [0.29, 0.717) is 10.2 Å². The van der Waals surface area contributed by atoms with E-state index in [9.17, 15) is 9.18 Å². The Balaban J connectivity index is 2.46. The van der Waals surface area contributed by atoms with Crippen LogP contribution in [0.1, 0.15) is 15.9 Å². The highest BCUT2D eigenvalue weighted by atomic mass is 79.9. The van der Waals surface area contributed by atoms with Gasteiger partial charge in [0.15, 0.2) is 11.6 Å². The average Bonchev–Trinajstić information content (AvgIpc) is 2.41. The SMILES string of the molecule is N#Cc1ccc(Br)cc1Nc1nccc(C(=O)O)c1F. The van der Waals surface area contributed by atoms with E-state index in [1.165, 1.54) is 6.20 Å². The molecule has 1 aromatic heterocycles. The Kier molecular flexibility index (Phi) is 3.96. The fraction of sp³-hybridized carbons (Fsp3) is 0. The average molecular weight is 336 g/mol. The van der Waals surface area contributed by atoms with Crippen molar-refractivity contribution in [3.63, 3.8) is 0 Å². The molecule has 0 spiro atoms. The smallest absolute Gasteiger partial charge is 0.338 e. The minimum atomic E-state index is -1.39. The van der Waals surface area contributed by atoms with E-state index in [4.69, 9.17) is 10.4 Å². The predicted molar refractivity (Wildman–Crippen MR) is 73.3 cm³/mol. The van der Waals surface area contributed by atoms with Crippen LogP contribution in [0.15, 0.2) is 34.9 Å². The molecule has 0 aliphatic carbocycles. The van der Waals surface area contributed by atoms with Crippen molar-refractivity contribution < 1.29 is 14.3 Å². The number of carboxylic acids is 1. The summed E-state index contributed by atoms with van der Waals surface area (Å²) in [5, 5.41) is 20.5. The Bertz CT molecular complexity index is 728. The first-order valence-electron chi connectivity index (χ1n) is 5.37. The fourth-order valence-corrected chi connectivity index (χ4v) is 1.90. The normalized spacial score (nSPS) is 9.85. The molecule has 0 saturated heterocycles. The van der Waals surface area contributed by atoms with Crippen LogP contribution in [0.4, 0.5) is 15.9 Å². The molecule has 2 rings (SSSR count). The Morgan fingerprint density at radius 1 is 1.45 bits per heavy atom. The van der Waals surface area contributed by atoms with E-state index in [2.05, 4.69) is 26.2 Å². The number of hydrogen-bond donors (Lipinski definition) is 2. The lowest BCUT2D eigenvalue weighted by molar-refractivity contribution is 0.0692. The molecule has 0 aliphatic rings. The number of nitrogens with zero attached hydrogens (tertiary/aromatic N) is 2. The molecule has 0 radical (unpaired) electrons. The van der Waals surface area contributed by atoms with Gasteiger partial charge in [0.05, 0.1) is 11.3 Å². The maximum Gasteiger partial charge on any atom is 0.338 e. The highest BCUT2D eigenvalue weighted by Gasteiger charge is 2.16. The van der Waals surface area contributed by atoms with E-state index in [-0.39, 0.29) is 11.4 Å². The number of hydrogen-bond acceptors (Lipinski definition) is 4. The summed E-state index contributed by atoms with van der Waals surface area (Å²) in [6.45, 7) is 0. The second kappa shape index (κ2) is 5.67. The van der Waals surface area contributed by atoms with Crippen LogP contribution in [0.25, 0.3) is 0 Å². The van der Waals surface area contributed by atoms with Crippen molar-refractivity contribution in [3.8, 4) is 6.07 Å². The fourth-order valence-electron chi connectivity index (χ4n) is 1.54. The van der Waals surface area contributed by atoms with Gasteiger partial charge in [-0.05, 0) is 24.3 Å². The molecule has 1 aromatic carbocycles. The molecule has 0 amide bonds. The summed E-state index contributed by atoms with van der Waals surface area (Å²) in [5.41, 5.74) is 0.127. The predicted octanol–water partition coefficient (Wildman–Crippen LogP) is 3.30. The number of halogens is 2. The number of rotatable bonds is 3. The van der Waals surface area contributed by atoms with Gasteiger partial charge in [-0.25, -0.2) is 14.2 Å². The standard InChI is InChI=1S/C13H7BrFN3O2/c14-8-2-1-7(6-16)10(5-8)18-12-11(15)9(13(19)20)3-4-17-12/h1-5H,(H,17,18)(H,19,20). The van der Waals surface area contributed by atoms with Crippen LogP contribution in [0.2, 0.25) is 0 Å². The Morgan fingerprint density at radius 2 is 2.20 bits per heavy atom. The van der Waals surface area contributed by atoms with Crippen LogP contribution in [-0.2, 0) is 0 Å². The summed E-state index contributed by atoms with van der Waals surface area (Å²) in [6, 6.07) is 7.81. The first-order chi connectivity index (χ1) is 9.52. The maximum atomic E-state index is 13.9. The van der Waals surface area contributed by atoms with E-state index >= 15 is 0 Å². The van der Waals surface area contributed by atoms with Gasteiger partial charge in [0, 0.05) is 10.7 Å². The molecular formula is C13H7BrFN3O2. The van der Waals surface area contributed by atoms with Crippen molar-refractivity contribution in [3.05, 3.63) is 51.9 Å². The topological polar surface area (TPSA) is 86.0 Å². The zero-order valence-corrected chi connectivity index (χ0v) is 11.5. The van der Waals surface area contributed by atoms with Gasteiger partial charge in [0.25, 0.3) is 0 Å². The van der Waals surface area contributed by atoms with E-state index in [1.54, 1.807) is 18.2 Å². The number of aromatic carboxylic acids is 1. The molecular weight excluding hydrogens is 329 g/mol. The van der Waals surface area contributed by atoms with Crippen LogP contribution in [-0.4, -0.2) is 16.1 Å². The molecule has 20 heavy (non-hydrogen) atoms. The van der Waals surface area contributed by atoms with Gasteiger partial charge in [-0.3, -0.25) is 0 Å². The van der Waals surface area contributed by atoms with Crippen LogP contribution >= 0.6 is 15.9 Å². The molecule has 0 fully saturated rings. The number of nitriles is 1. The number of pyridine rings is 1. The van der Waals surface area contributed by atoms with Gasteiger partial charge in [-0.2, -0.15) is 5.26 Å². The Labute approximate surface area is 121 Å². The summed E-state index contributed by atoms with van der Waals surface area (Å²) < 4.78 is 14.6. The van der Waals surface area contributed by atoms with Gasteiger partial charge in [0.2, 0.25) is 0 Å². The number of carbonyl (C=O) groups is 1. The summed E-state index contributed by atoms with van der Waals surface area (Å²) >= 11 is 3.24. The van der Waals surface area contributed by atoms with Crippen LogP contribution in [0, 0.1) is 17.1 Å². The Morgan fingerprint density at radius 3 is 2.85 bits per heavy atom. The second-order valence-corrected chi connectivity index (χ2v) is 4.67. The zero-order chi connectivity index (χ0) is 14.7. The third kappa shape index (κ3) is 2.75. The lowest BCUT2D eigenvalue weighted by Crippen LogP contribution is -2.06. The molecule has 5 nitrogen and oxygen atoms in total. The van der Waals surface area contributed by atoms with E-state index in [0.717, 1.165) is 6.07 Å². The van der Waals surface area contributed by atoms with Crippen LogP contribution in [0.3, 0.4) is 0 Å². The largest absolute Gasteiger partial charge is 0.478 e. The number of carboxylic acid groups (broad SMARTS) is 1. The first kappa shape index (κ1) is 14.0. The molecule has 0 atom stereocenters. The van der Waals surface area contributed by atoms with Gasteiger partial charge >= 0.3 is 5.97 Å². The molecule has 1 heterocycles. The molecule has 100 valence electrons. The number of anilines is 2. The Hall–Kier alpha value is -2.46. The minimum Gasteiger partial charge on any atom is -0.478 e. The second-order valence-electron chi connectivity index (χ2n) is 3.75. The third-order valence-electron chi connectivity index (χ3n) is 2.47. The van der Waals surface area contributed by atoms with Crippen molar-refractivity contribution in [1.82, 2.24) is 4.98 Å². The molecule has 0 aliphatic heterocycles. The van der Waals surface area contributed by atoms with Crippen molar-refractivity contribution >= 4 is 33.4 Å². The van der Waals surface area contributed by atoms with Gasteiger partial charge in [-0.15, -0.1) is 0 Å². The summed E-state index contributed by atoms with van der Waals surface area (Å²) in [6.07, 6.45) is 1.18. The molecule has 0 bridgehead atoms. The summed E-state index contributed by atoms with van der Waals surface area (Å²) in [7, 11) is 0. The van der Waals surface area contributed by atoms with Crippen molar-refractivity contribution in [2.24, 2.45) is 0 Å². The minimum absolute atomic E-state index is 0.250. The molecule has 2 aromatic rings. The quantitative estimate of drug-likeness (QED) is 0.898. The van der Waals surface area contributed by atoms with Crippen molar-refractivity contribution in [1.29, 1.82) is 5.26 Å². The van der Waals surface area contributed by atoms with E-state index in [1.807, 2.05) is 6.07 Å².